The zero-order valence-corrected chi connectivity index (χ0v) is 9.21. The smallest absolute Gasteiger partial charge is 0.118 e. The van der Waals surface area contributed by atoms with E-state index in [0.717, 1.165) is 5.75 Å². The number of methoxy groups -OCH3 is 1. The van der Waals surface area contributed by atoms with Crippen LogP contribution in [0.4, 0.5) is 0 Å². The summed E-state index contributed by atoms with van der Waals surface area (Å²) in [6.45, 7) is 2.20. The molecule has 0 aliphatic rings. The topological polar surface area (TPSA) is 21.3 Å². The average Bonchev–Trinajstić information content (AvgIpc) is 2.26. The van der Waals surface area contributed by atoms with Crippen molar-refractivity contribution in [2.45, 2.75) is 25.8 Å². The van der Waals surface area contributed by atoms with E-state index < -0.39 is 0 Å². The second kappa shape index (κ2) is 5.66. The SMILES string of the molecule is CCCC(NC)c1ccc(OC)cc1. The Labute approximate surface area is 86.3 Å². The third-order valence-electron chi connectivity index (χ3n) is 2.44. The van der Waals surface area contributed by atoms with Crippen LogP contribution in [0.3, 0.4) is 0 Å². The molecule has 0 amide bonds. The molecule has 0 aliphatic heterocycles. The van der Waals surface area contributed by atoms with Crippen LogP contribution in [0.2, 0.25) is 0 Å². The average molecular weight is 193 g/mol. The summed E-state index contributed by atoms with van der Waals surface area (Å²) in [5.41, 5.74) is 1.33. The molecule has 0 aliphatic carbocycles. The highest BCUT2D eigenvalue weighted by molar-refractivity contribution is 5.29. The number of rotatable bonds is 5. The highest BCUT2D eigenvalue weighted by Gasteiger charge is 2.06. The quantitative estimate of drug-likeness (QED) is 0.776. The first-order chi connectivity index (χ1) is 6.81. The largest absolute Gasteiger partial charge is 0.497 e. The van der Waals surface area contributed by atoms with Crippen LogP contribution in [0.5, 0.6) is 5.75 Å². The lowest BCUT2D eigenvalue weighted by atomic mass is 10.0. The molecule has 1 unspecified atom stereocenters. The highest BCUT2D eigenvalue weighted by atomic mass is 16.5. The van der Waals surface area contributed by atoms with Gasteiger partial charge >= 0.3 is 0 Å². The van der Waals surface area contributed by atoms with Crippen LogP contribution >= 0.6 is 0 Å². The van der Waals surface area contributed by atoms with Gasteiger partial charge in [-0.3, -0.25) is 0 Å². The predicted octanol–water partition coefficient (Wildman–Crippen LogP) is 2.76. The van der Waals surface area contributed by atoms with Crippen molar-refractivity contribution in [1.29, 1.82) is 0 Å². The minimum absolute atomic E-state index is 0.464. The van der Waals surface area contributed by atoms with Crippen molar-refractivity contribution < 1.29 is 4.74 Å². The van der Waals surface area contributed by atoms with Crippen molar-refractivity contribution in [3.63, 3.8) is 0 Å². The summed E-state index contributed by atoms with van der Waals surface area (Å²) in [6, 6.07) is 8.72. The Hall–Kier alpha value is -1.02. The van der Waals surface area contributed by atoms with Crippen molar-refractivity contribution in [3.05, 3.63) is 29.8 Å². The summed E-state index contributed by atoms with van der Waals surface area (Å²) in [6.07, 6.45) is 2.36. The van der Waals surface area contributed by atoms with Crippen molar-refractivity contribution in [3.8, 4) is 5.75 Å². The van der Waals surface area contributed by atoms with Crippen molar-refractivity contribution in [1.82, 2.24) is 5.32 Å². The van der Waals surface area contributed by atoms with E-state index in [-0.39, 0.29) is 0 Å². The Morgan fingerprint density at radius 2 is 1.93 bits per heavy atom. The monoisotopic (exact) mass is 193 g/mol. The standard InChI is InChI=1S/C12H19NO/c1-4-5-12(13-2)10-6-8-11(14-3)9-7-10/h6-9,12-13H,4-5H2,1-3H3. The van der Waals surface area contributed by atoms with Crippen molar-refractivity contribution >= 4 is 0 Å². The van der Waals surface area contributed by atoms with Gasteiger partial charge in [-0.15, -0.1) is 0 Å². The lowest BCUT2D eigenvalue weighted by molar-refractivity contribution is 0.414. The summed E-state index contributed by atoms with van der Waals surface area (Å²) in [4.78, 5) is 0. The molecule has 1 aromatic carbocycles. The molecule has 0 aromatic heterocycles. The van der Waals surface area contributed by atoms with E-state index in [2.05, 4.69) is 24.4 Å². The fourth-order valence-corrected chi connectivity index (χ4v) is 1.60. The Bertz CT molecular complexity index is 256. The molecule has 0 spiro atoms. The van der Waals surface area contributed by atoms with Crippen LogP contribution in [-0.2, 0) is 0 Å². The molecule has 0 saturated heterocycles. The summed E-state index contributed by atoms with van der Waals surface area (Å²) >= 11 is 0. The Morgan fingerprint density at radius 3 is 2.36 bits per heavy atom. The number of hydrogen-bond acceptors (Lipinski definition) is 2. The molecule has 2 nitrogen and oxygen atoms in total. The van der Waals surface area contributed by atoms with Gasteiger partial charge in [0.1, 0.15) is 5.75 Å². The molecule has 0 bridgehead atoms. The third-order valence-corrected chi connectivity index (χ3v) is 2.44. The molecule has 1 N–H and O–H groups in total. The normalized spacial score (nSPS) is 12.5. The van der Waals surface area contributed by atoms with Gasteiger partial charge < -0.3 is 10.1 Å². The molecule has 1 atom stereocenters. The maximum atomic E-state index is 5.12. The van der Waals surface area contributed by atoms with Gasteiger partial charge in [0.05, 0.1) is 7.11 Å². The molecule has 2 heteroatoms. The summed E-state index contributed by atoms with van der Waals surface area (Å²) in [7, 11) is 3.70. The van der Waals surface area contributed by atoms with Gasteiger partial charge in [0.2, 0.25) is 0 Å². The summed E-state index contributed by atoms with van der Waals surface area (Å²) in [5.74, 6) is 0.917. The van der Waals surface area contributed by atoms with Crippen molar-refractivity contribution in [2.75, 3.05) is 14.2 Å². The lowest BCUT2D eigenvalue weighted by Crippen LogP contribution is -2.15. The van der Waals surface area contributed by atoms with E-state index in [1.807, 2.05) is 19.2 Å². The first kappa shape index (κ1) is 11.1. The molecule has 1 aromatic rings. The fraction of sp³-hybridized carbons (Fsp3) is 0.500. The van der Waals surface area contributed by atoms with E-state index in [4.69, 9.17) is 4.74 Å². The molecule has 78 valence electrons. The van der Waals surface area contributed by atoms with Gasteiger partial charge in [-0.1, -0.05) is 25.5 Å². The Balaban J connectivity index is 2.73. The van der Waals surface area contributed by atoms with Crippen LogP contribution < -0.4 is 10.1 Å². The van der Waals surface area contributed by atoms with Gasteiger partial charge in [-0.2, -0.15) is 0 Å². The van der Waals surface area contributed by atoms with E-state index in [0.29, 0.717) is 6.04 Å². The van der Waals surface area contributed by atoms with Crippen LogP contribution in [0.25, 0.3) is 0 Å². The van der Waals surface area contributed by atoms with Crippen LogP contribution in [0.1, 0.15) is 31.4 Å². The first-order valence-corrected chi connectivity index (χ1v) is 5.13. The van der Waals surface area contributed by atoms with Gasteiger partial charge in [-0.05, 0) is 31.2 Å². The maximum absolute atomic E-state index is 5.12. The molecule has 0 fully saturated rings. The van der Waals surface area contributed by atoms with Crippen LogP contribution in [0, 0.1) is 0 Å². The lowest BCUT2D eigenvalue weighted by Gasteiger charge is -2.15. The predicted molar refractivity (Wildman–Crippen MR) is 59.7 cm³/mol. The summed E-state index contributed by atoms with van der Waals surface area (Å²) < 4.78 is 5.12. The van der Waals surface area contributed by atoms with Crippen LogP contribution in [0.15, 0.2) is 24.3 Å². The van der Waals surface area contributed by atoms with E-state index in [1.54, 1.807) is 7.11 Å². The second-order valence-corrected chi connectivity index (χ2v) is 3.40. The van der Waals surface area contributed by atoms with E-state index >= 15 is 0 Å². The molecule has 14 heavy (non-hydrogen) atoms. The van der Waals surface area contributed by atoms with Crippen molar-refractivity contribution in [2.24, 2.45) is 0 Å². The minimum Gasteiger partial charge on any atom is -0.497 e. The number of ether oxygens (including phenoxy) is 1. The number of benzene rings is 1. The third kappa shape index (κ3) is 2.74. The molecule has 0 heterocycles. The number of nitrogens with one attached hydrogen (secondary N) is 1. The fourth-order valence-electron chi connectivity index (χ4n) is 1.60. The zero-order valence-electron chi connectivity index (χ0n) is 9.21. The zero-order chi connectivity index (χ0) is 10.4. The van der Waals surface area contributed by atoms with E-state index in [9.17, 15) is 0 Å². The van der Waals surface area contributed by atoms with Gasteiger partial charge in [0.25, 0.3) is 0 Å². The maximum Gasteiger partial charge on any atom is 0.118 e. The summed E-state index contributed by atoms with van der Waals surface area (Å²) in [5, 5.41) is 3.32. The molecular weight excluding hydrogens is 174 g/mol. The Kier molecular flexibility index (Phi) is 4.47. The highest BCUT2D eigenvalue weighted by Crippen LogP contribution is 2.20. The Morgan fingerprint density at radius 1 is 1.29 bits per heavy atom. The van der Waals surface area contributed by atoms with Gasteiger partial charge in [-0.25, -0.2) is 0 Å². The number of hydrogen-bond donors (Lipinski definition) is 1. The van der Waals surface area contributed by atoms with Crippen LogP contribution in [-0.4, -0.2) is 14.2 Å². The molecular formula is C12H19NO. The van der Waals surface area contributed by atoms with Gasteiger partial charge in [0.15, 0.2) is 0 Å². The minimum atomic E-state index is 0.464. The molecule has 1 rings (SSSR count). The second-order valence-electron chi connectivity index (χ2n) is 3.40. The first-order valence-electron chi connectivity index (χ1n) is 5.13. The molecule has 0 radical (unpaired) electrons. The molecule has 0 saturated carbocycles. The van der Waals surface area contributed by atoms with Gasteiger partial charge in [0, 0.05) is 6.04 Å². The van der Waals surface area contributed by atoms with E-state index in [1.165, 1.54) is 18.4 Å².